The minimum absolute atomic E-state index is 0.202. The quantitative estimate of drug-likeness (QED) is 0.725. The maximum absolute atomic E-state index is 5.93. The zero-order valence-corrected chi connectivity index (χ0v) is 13.1. The second-order valence-electron chi connectivity index (χ2n) is 5.39. The lowest BCUT2D eigenvalue weighted by atomic mass is 9.98. The summed E-state index contributed by atoms with van der Waals surface area (Å²) in [5, 5.41) is 3.40. The van der Waals surface area contributed by atoms with Gasteiger partial charge in [-0.2, -0.15) is 0 Å². The molecule has 2 atom stereocenters. The van der Waals surface area contributed by atoms with Gasteiger partial charge < -0.3 is 14.5 Å². The van der Waals surface area contributed by atoms with E-state index in [1.165, 1.54) is 5.56 Å². The summed E-state index contributed by atoms with van der Waals surface area (Å²) in [7, 11) is 0. The average Bonchev–Trinajstić information content (AvgIpc) is 3.05. The Morgan fingerprint density at radius 1 is 1.14 bits per heavy atom. The highest BCUT2D eigenvalue weighted by molar-refractivity contribution is 5.35. The zero-order valence-electron chi connectivity index (χ0n) is 13.1. The van der Waals surface area contributed by atoms with Gasteiger partial charge in [0.15, 0.2) is 0 Å². The fourth-order valence-corrected chi connectivity index (χ4v) is 2.31. The molecule has 0 saturated heterocycles. The van der Waals surface area contributed by atoms with Crippen LogP contribution in [0, 0.1) is 0 Å². The molecule has 1 aromatic heterocycles. The van der Waals surface area contributed by atoms with Crippen LogP contribution in [0.5, 0.6) is 5.75 Å². The van der Waals surface area contributed by atoms with E-state index in [1.807, 2.05) is 18.2 Å². The van der Waals surface area contributed by atoms with Crippen LogP contribution in [0.3, 0.4) is 0 Å². The van der Waals surface area contributed by atoms with E-state index in [1.54, 1.807) is 6.26 Å². The molecule has 3 heteroatoms. The van der Waals surface area contributed by atoms with Gasteiger partial charge in [-0.3, -0.25) is 0 Å². The monoisotopic (exact) mass is 287 g/mol. The Morgan fingerprint density at radius 2 is 1.95 bits per heavy atom. The molecule has 2 aromatic rings. The van der Waals surface area contributed by atoms with Crippen molar-refractivity contribution in [3.05, 3.63) is 54.0 Å². The summed E-state index contributed by atoms with van der Waals surface area (Å²) in [4.78, 5) is 0. The number of ether oxygens (including phenoxy) is 1. The summed E-state index contributed by atoms with van der Waals surface area (Å²) in [6, 6.07) is 12.4. The van der Waals surface area contributed by atoms with Crippen LogP contribution in [0.4, 0.5) is 0 Å². The Kier molecular flexibility index (Phi) is 5.88. The Hall–Kier alpha value is -1.74. The summed E-state index contributed by atoms with van der Waals surface area (Å²) in [6.07, 6.45) is 2.82. The van der Waals surface area contributed by atoms with Gasteiger partial charge in [0.05, 0.1) is 12.3 Å². The molecule has 1 N–H and O–H groups in total. The van der Waals surface area contributed by atoms with Crippen LogP contribution >= 0.6 is 0 Å². The van der Waals surface area contributed by atoms with Crippen molar-refractivity contribution in [1.82, 2.24) is 5.32 Å². The second kappa shape index (κ2) is 7.89. The number of furan rings is 1. The topological polar surface area (TPSA) is 34.4 Å². The lowest BCUT2D eigenvalue weighted by molar-refractivity contribution is 0.297. The molecule has 114 valence electrons. The van der Waals surface area contributed by atoms with Gasteiger partial charge in [-0.1, -0.05) is 32.0 Å². The molecule has 0 fully saturated rings. The van der Waals surface area contributed by atoms with Gasteiger partial charge >= 0.3 is 0 Å². The van der Waals surface area contributed by atoms with E-state index in [0.717, 1.165) is 24.5 Å². The number of para-hydroxylation sites is 1. The lowest BCUT2D eigenvalue weighted by Crippen LogP contribution is -2.24. The van der Waals surface area contributed by atoms with E-state index in [4.69, 9.17) is 9.15 Å². The number of benzene rings is 1. The minimum Gasteiger partial charge on any atom is -0.492 e. The van der Waals surface area contributed by atoms with Gasteiger partial charge in [0.25, 0.3) is 0 Å². The maximum Gasteiger partial charge on any atom is 0.122 e. The van der Waals surface area contributed by atoms with E-state index in [9.17, 15) is 0 Å². The Bertz CT molecular complexity index is 522. The summed E-state index contributed by atoms with van der Waals surface area (Å²) < 4.78 is 11.3. The molecular formula is C18H25NO2. The molecule has 0 radical (unpaired) electrons. The largest absolute Gasteiger partial charge is 0.492 e. The summed E-state index contributed by atoms with van der Waals surface area (Å²) >= 11 is 0. The van der Waals surface area contributed by atoms with E-state index in [0.29, 0.717) is 12.5 Å². The third-order valence-corrected chi connectivity index (χ3v) is 3.84. The van der Waals surface area contributed by atoms with Crippen LogP contribution in [0.2, 0.25) is 0 Å². The van der Waals surface area contributed by atoms with Crippen molar-refractivity contribution >= 4 is 0 Å². The van der Waals surface area contributed by atoms with Crippen LogP contribution in [0.1, 0.15) is 50.5 Å². The first-order chi connectivity index (χ1) is 10.2. The van der Waals surface area contributed by atoms with Crippen molar-refractivity contribution in [2.24, 2.45) is 0 Å². The van der Waals surface area contributed by atoms with Crippen molar-refractivity contribution in [2.75, 3.05) is 13.2 Å². The van der Waals surface area contributed by atoms with Gasteiger partial charge in [0, 0.05) is 6.54 Å². The van der Waals surface area contributed by atoms with Crippen molar-refractivity contribution in [1.29, 1.82) is 0 Å². The average molecular weight is 287 g/mol. The maximum atomic E-state index is 5.93. The van der Waals surface area contributed by atoms with Gasteiger partial charge in [-0.05, 0) is 43.0 Å². The predicted molar refractivity (Wildman–Crippen MR) is 85.8 cm³/mol. The second-order valence-corrected chi connectivity index (χ2v) is 5.39. The van der Waals surface area contributed by atoms with E-state index < -0.39 is 0 Å². The molecule has 1 aromatic carbocycles. The molecule has 3 nitrogen and oxygen atoms in total. The molecule has 0 aliphatic carbocycles. The molecule has 0 saturated carbocycles. The van der Waals surface area contributed by atoms with Gasteiger partial charge in [0.1, 0.15) is 18.1 Å². The van der Waals surface area contributed by atoms with E-state index in [-0.39, 0.29) is 6.04 Å². The zero-order chi connectivity index (χ0) is 15.1. The summed E-state index contributed by atoms with van der Waals surface area (Å²) in [5.41, 5.74) is 1.29. The molecule has 0 bridgehead atoms. The van der Waals surface area contributed by atoms with Crippen LogP contribution < -0.4 is 10.1 Å². The summed E-state index contributed by atoms with van der Waals surface area (Å²) in [6.45, 7) is 7.97. The lowest BCUT2D eigenvalue weighted by Gasteiger charge is -2.16. The normalized spacial score (nSPS) is 13.9. The Labute approximate surface area is 127 Å². The van der Waals surface area contributed by atoms with Crippen molar-refractivity contribution in [3.63, 3.8) is 0 Å². The highest BCUT2D eigenvalue weighted by atomic mass is 16.5. The van der Waals surface area contributed by atoms with Gasteiger partial charge in [-0.25, -0.2) is 0 Å². The first-order valence-corrected chi connectivity index (χ1v) is 7.70. The van der Waals surface area contributed by atoms with Crippen LogP contribution in [-0.2, 0) is 0 Å². The fraction of sp³-hybridized carbons (Fsp3) is 0.444. The number of hydrogen-bond donors (Lipinski definition) is 1. The first-order valence-electron chi connectivity index (χ1n) is 7.70. The number of rotatable bonds is 8. The number of hydrogen-bond acceptors (Lipinski definition) is 3. The third kappa shape index (κ3) is 4.36. The highest BCUT2D eigenvalue weighted by Gasteiger charge is 2.10. The molecule has 0 aliphatic rings. The Morgan fingerprint density at radius 3 is 2.67 bits per heavy atom. The molecule has 2 rings (SSSR count). The summed E-state index contributed by atoms with van der Waals surface area (Å²) in [5.74, 6) is 2.48. The minimum atomic E-state index is 0.202. The molecular weight excluding hydrogens is 262 g/mol. The molecule has 0 aliphatic heterocycles. The molecule has 2 unspecified atom stereocenters. The highest BCUT2D eigenvalue weighted by Crippen LogP contribution is 2.28. The SMILES string of the molecule is CCC(C)c1ccccc1OCCNC(C)c1ccco1. The van der Waals surface area contributed by atoms with E-state index >= 15 is 0 Å². The van der Waals surface area contributed by atoms with Crippen LogP contribution in [-0.4, -0.2) is 13.2 Å². The van der Waals surface area contributed by atoms with Crippen LogP contribution in [0.15, 0.2) is 47.1 Å². The van der Waals surface area contributed by atoms with E-state index in [2.05, 4.69) is 44.3 Å². The Balaban J connectivity index is 1.81. The molecule has 0 spiro atoms. The van der Waals surface area contributed by atoms with Crippen molar-refractivity contribution in [3.8, 4) is 5.75 Å². The fourth-order valence-electron chi connectivity index (χ4n) is 2.31. The molecule has 21 heavy (non-hydrogen) atoms. The molecule has 1 heterocycles. The number of nitrogens with one attached hydrogen (secondary N) is 1. The van der Waals surface area contributed by atoms with Gasteiger partial charge in [0.2, 0.25) is 0 Å². The smallest absolute Gasteiger partial charge is 0.122 e. The van der Waals surface area contributed by atoms with Crippen LogP contribution in [0.25, 0.3) is 0 Å². The first kappa shape index (κ1) is 15.6. The standard InChI is InChI=1S/C18H25NO2/c1-4-14(2)16-8-5-6-9-18(16)21-13-11-19-15(3)17-10-7-12-20-17/h5-10,12,14-15,19H,4,11,13H2,1-3H3. The molecule has 0 amide bonds. The predicted octanol–water partition coefficient (Wildman–Crippen LogP) is 4.52. The van der Waals surface area contributed by atoms with Crippen molar-refractivity contribution < 1.29 is 9.15 Å². The van der Waals surface area contributed by atoms with Gasteiger partial charge in [-0.15, -0.1) is 0 Å². The third-order valence-electron chi connectivity index (χ3n) is 3.84. The van der Waals surface area contributed by atoms with Crippen molar-refractivity contribution in [2.45, 2.75) is 39.2 Å².